The second-order valence-corrected chi connectivity index (χ2v) is 4.08. The Morgan fingerprint density at radius 1 is 1.43 bits per heavy atom. The lowest BCUT2D eigenvalue weighted by Crippen LogP contribution is -2.21. The molecule has 0 radical (unpaired) electrons. The molecule has 1 heterocycles. The second kappa shape index (κ2) is 3.10. The van der Waals surface area contributed by atoms with Gasteiger partial charge in [0, 0.05) is 5.41 Å². The van der Waals surface area contributed by atoms with Crippen LogP contribution in [0.5, 0.6) is 0 Å². The largest absolute Gasteiger partial charge is 0.443 e. The molecule has 0 aliphatic heterocycles. The van der Waals surface area contributed by atoms with Gasteiger partial charge in [-0.05, 0) is 17.7 Å². The summed E-state index contributed by atoms with van der Waals surface area (Å²) in [6, 6.07) is 5.80. The van der Waals surface area contributed by atoms with Crippen LogP contribution in [0.25, 0.3) is 11.1 Å². The average molecular weight is 191 g/mol. The van der Waals surface area contributed by atoms with Gasteiger partial charge in [-0.1, -0.05) is 19.9 Å². The Morgan fingerprint density at radius 2 is 2.21 bits per heavy atom. The lowest BCUT2D eigenvalue weighted by atomic mass is 9.85. The van der Waals surface area contributed by atoms with Crippen LogP contribution in [-0.2, 0) is 5.41 Å². The van der Waals surface area contributed by atoms with Crippen molar-refractivity contribution in [2.24, 2.45) is 0 Å². The quantitative estimate of drug-likeness (QED) is 0.790. The monoisotopic (exact) mass is 191 g/mol. The Morgan fingerprint density at radius 3 is 2.93 bits per heavy atom. The van der Waals surface area contributed by atoms with Crippen LogP contribution in [0.2, 0.25) is 0 Å². The summed E-state index contributed by atoms with van der Waals surface area (Å²) in [7, 11) is 0. The standard InChI is InChI=1S/C11H13NO2/c1-11(2,6-13)8-3-4-10-9(5-8)12-7-14-10/h3-5,7,13H,6H2,1-2H3. The predicted octanol–water partition coefficient (Wildman–Crippen LogP) is 2.10. The van der Waals surface area contributed by atoms with Gasteiger partial charge in [0.25, 0.3) is 0 Å². The molecule has 1 aromatic carbocycles. The summed E-state index contributed by atoms with van der Waals surface area (Å²) in [6.45, 7) is 4.11. The topological polar surface area (TPSA) is 46.3 Å². The summed E-state index contributed by atoms with van der Waals surface area (Å²) in [5, 5.41) is 9.23. The highest BCUT2D eigenvalue weighted by Crippen LogP contribution is 2.25. The van der Waals surface area contributed by atoms with Crippen molar-refractivity contribution in [3.05, 3.63) is 30.2 Å². The van der Waals surface area contributed by atoms with Crippen molar-refractivity contribution < 1.29 is 9.52 Å². The fourth-order valence-corrected chi connectivity index (χ4v) is 1.37. The molecule has 0 unspecified atom stereocenters. The summed E-state index contributed by atoms with van der Waals surface area (Å²) in [4.78, 5) is 4.08. The van der Waals surface area contributed by atoms with Crippen molar-refractivity contribution in [3.63, 3.8) is 0 Å². The van der Waals surface area contributed by atoms with E-state index in [1.54, 1.807) is 0 Å². The molecular formula is C11H13NO2. The summed E-state index contributed by atoms with van der Waals surface area (Å²) in [5.41, 5.74) is 2.46. The highest BCUT2D eigenvalue weighted by atomic mass is 16.3. The highest BCUT2D eigenvalue weighted by molar-refractivity contribution is 5.73. The molecule has 74 valence electrons. The Labute approximate surface area is 82.4 Å². The summed E-state index contributed by atoms with van der Waals surface area (Å²) in [5.74, 6) is 0. The zero-order valence-corrected chi connectivity index (χ0v) is 8.32. The molecule has 0 aliphatic carbocycles. The van der Waals surface area contributed by atoms with E-state index < -0.39 is 0 Å². The molecule has 0 saturated heterocycles. The van der Waals surface area contributed by atoms with Crippen molar-refractivity contribution in [2.75, 3.05) is 6.61 Å². The molecule has 0 aliphatic rings. The van der Waals surface area contributed by atoms with Crippen LogP contribution in [0.3, 0.4) is 0 Å². The fraction of sp³-hybridized carbons (Fsp3) is 0.364. The van der Waals surface area contributed by atoms with Crippen LogP contribution < -0.4 is 0 Å². The molecular weight excluding hydrogens is 178 g/mol. The van der Waals surface area contributed by atoms with Gasteiger partial charge in [0.05, 0.1) is 6.61 Å². The van der Waals surface area contributed by atoms with E-state index in [1.165, 1.54) is 6.39 Å². The van der Waals surface area contributed by atoms with Crippen molar-refractivity contribution >= 4 is 11.1 Å². The maximum atomic E-state index is 9.23. The third kappa shape index (κ3) is 1.40. The third-order valence-electron chi connectivity index (χ3n) is 2.51. The van der Waals surface area contributed by atoms with Crippen LogP contribution in [0.15, 0.2) is 29.0 Å². The Bertz CT molecular complexity index is 445. The minimum absolute atomic E-state index is 0.121. The normalized spacial score (nSPS) is 12.2. The number of nitrogens with zero attached hydrogens (tertiary/aromatic N) is 1. The number of hydrogen-bond donors (Lipinski definition) is 1. The lowest BCUT2D eigenvalue weighted by Gasteiger charge is -2.21. The molecule has 0 amide bonds. The zero-order valence-electron chi connectivity index (χ0n) is 8.32. The highest BCUT2D eigenvalue weighted by Gasteiger charge is 2.19. The first-order chi connectivity index (χ1) is 6.63. The Balaban J connectivity index is 2.53. The first kappa shape index (κ1) is 9.21. The molecule has 2 aromatic rings. The van der Waals surface area contributed by atoms with E-state index in [0.717, 1.165) is 16.7 Å². The summed E-state index contributed by atoms with van der Waals surface area (Å²) >= 11 is 0. The van der Waals surface area contributed by atoms with E-state index in [9.17, 15) is 5.11 Å². The van der Waals surface area contributed by atoms with Gasteiger partial charge in [0.2, 0.25) is 0 Å². The minimum atomic E-state index is -0.229. The summed E-state index contributed by atoms with van der Waals surface area (Å²) in [6.07, 6.45) is 1.43. The molecule has 0 atom stereocenters. The first-order valence-electron chi connectivity index (χ1n) is 4.58. The SMILES string of the molecule is CC(C)(CO)c1ccc2ocnc2c1. The molecule has 1 aromatic heterocycles. The number of aromatic nitrogens is 1. The molecule has 0 fully saturated rings. The van der Waals surface area contributed by atoms with Crippen LogP contribution >= 0.6 is 0 Å². The second-order valence-electron chi connectivity index (χ2n) is 4.08. The number of rotatable bonds is 2. The molecule has 0 spiro atoms. The maximum absolute atomic E-state index is 9.23. The molecule has 3 nitrogen and oxygen atoms in total. The van der Waals surface area contributed by atoms with Gasteiger partial charge in [-0.15, -0.1) is 0 Å². The van der Waals surface area contributed by atoms with Gasteiger partial charge in [0.1, 0.15) is 5.52 Å². The number of aliphatic hydroxyl groups excluding tert-OH is 1. The van der Waals surface area contributed by atoms with Crippen LogP contribution in [0.1, 0.15) is 19.4 Å². The molecule has 2 rings (SSSR count). The van der Waals surface area contributed by atoms with Crippen molar-refractivity contribution in [1.82, 2.24) is 4.98 Å². The third-order valence-corrected chi connectivity index (χ3v) is 2.51. The van der Waals surface area contributed by atoms with Crippen molar-refractivity contribution in [1.29, 1.82) is 0 Å². The van der Waals surface area contributed by atoms with Gasteiger partial charge in [-0.25, -0.2) is 4.98 Å². The zero-order chi connectivity index (χ0) is 10.2. The Hall–Kier alpha value is -1.35. The van der Waals surface area contributed by atoms with Gasteiger partial charge in [-0.2, -0.15) is 0 Å². The predicted molar refractivity (Wildman–Crippen MR) is 54.1 cm³/mol. The number of fused-ring (bicyclic) bond motifs is 1. The van der Waals surface area contributed by atoms with Crippen LogP contribution in [0.4, 0.5) is 0 Å². The van der Waals surface area contributed by atoms with Gasteiger partial charge in [-0.3, -0.25) is 0 Å². The van der Waals surface area contributed by atoms with Crippen molar-refractivity contribution in [3.8, 4) is 0 Å². The number of aliphatic hydroxyl groups is 1. The smallest absolute Gasteiger partial charge is 0.181 e. The molecule has 1 N–H and O–H groups in total. The van der Waals surface area contributed by atoms with E-state index in [2.05, 4.69) is 4.98 Å². The van der Waals surface area contributed by atoms with E-state index in [1.807, 2.05) is 32.0 Å². The number of benzene rings is 1. The van der Waals surface area contributed by atoms with Crippen LogP contribution in [-0.4, -0.2) is 16.7 Å². The fourth-order valence-electron chi connectivity index (χ4n) is 1.37. The maximum Gasteiger partial charge on any atom is 0.181 e. The number of hydrogen-bond acceptors (Lipinski definition) is 3. The average Bonchev–Trinajstić information content (AvgIpc) is 2.64. The van der Waals surface area contributed by atoms with Crippen LogP contribution in [0, 0.1) is 0 Å². The Kier molecular flexibility index (Phi) is 2.04. The summed E-state index contributed by atoms with van der Waals surface area (Å²) < 4.78 is 5.15. The van der Waals surface area contributed by atoms with E-state index in [-0.39, 0.29) is 12.0 Å². The van der Waals surface area contributed by atoms with Gasteiger partial charge < -0.3 is 9.52 Å². The first-order valence-corrected chi connectivity index (χ1v) is 4.58. The lowest BCUT2D eigenvalue weighted by molar-refractivity contribution is 0.218. The van der Waals surface area contributed by atoms with Gasteiger partial charge in [0.15, 0.2) is 12.0 Å². The van der Waals surface area contributed by atoms with E-state index >= 15 is 0 Å². The van der Waals surface area contributed by atoms with E-state index in [4.69, 9.17) is 4.42 Å². The van der Waals surface area contributed by atoms with E-state index in [0.29, 0.717) is 0 Å². The molecule has 3 heteroatoms. The molecule has 0 saturated carbocycles. The number of oxazole rings is 1. The molecule has 0 bridgehead atoms. The van der Waals surface area contributed by atoms with Gasteiger partial charge >= 0.3 is 0 Å². The molecule has 14 heavy (non-hydrogen) atoms. The van der Waals surface area contributed by atoms with Crippen molar-refractivity contribution in [2.45, 2.75) is 19.3 Å². The minimum Gasteiger partial charge on any atom is -0.443 e.